The summed E-state index contributed by atoms with van der Waals surface area (Å²) in [6, 6.07) is -0.703. The smallest absolute Gasteiger partial charge is 0.326 e. The number of amides is 1. The summed E-state index contributed by atoms with van der Waals surface area (Å²) in [4.78, 5) is 30.6. The molecule has 1 amide bonds. The van der Waals surface area contributed by atoms with Gasteiger partial charge in [0.05, 0.1) is 10.7 Å². The van der Waals surface area contributed by atoms with Crippen LogP contribution in [0.1, 0.15) is 60.4 Å². The quantitative estimate of drug-likeness (QED) is 0.912. The maximum Gasteiger partial charge on any atom is 0.326 e. The maximum atomic E-state index is 12.7. The number of hydrogen-bond acceptors (Lipinski definition) is 4. The largest absolute Gasteiger partial charge is 0.480 e. The lowest BCUT2D eigenvalue weighted by Gasteiger charge is -2.32. The molecule has 6 heteroatoms. The zero-order chi connectivity index (χ0) is 15.8. The molecule has 21 heavy (non-hydrogen) atoms. The van der Waals surface area contributed by atoms with E-state index in [-0.39, 0.29) is 11.3 Å². The molecule has 2 rings (SSSR count). The molecular formula is C15H22N2O3S. The fourth-order valence-corrected chi connectivity index (χ4v) is 3.56. The number of aliphatic carboxylic acids is 1. The molecule has 1 fully saturated rings. The topological polar surface area (TPSA) is 70.5 Å². The van der Waals surface area contributed by atoms with Gasteiger partial charge in [0, 0.05) is 12.0 Å². The monoisotopic (exact) mass is 310 g/mol. The van der Waals surface area contributed by atoms with Gasteiger partial charge in [-0.15, -0.1) is 11.3 Å². The van der Waals surface area contributed by atoms with Crippen molar-refractivity contribution >= 4 is 23.2 Å². The van der Waals surface area contributed by atoms with E-state index in [4.69, 9.17) is 0 Å². The summed E-state index contributed by atoms with van der Waals surface area (Å²) in [5, 5.41) is 10.2. The van der Waals surface area contributed by atoms with Crippen molar-refractivity contribution in [1.82, 2.24) is 9.88 Å². The Morgan fingerprint density at radius 1 is 1.33 bits per heavy atom. The highest BCUT2D eigenvalue weighted by atomic mass is 32.1. The van der Waals surface area contributed by atoms with Crippen molar-refractivity contribution in [3.63, 3.8) is 0 Å². The van der Waals surface area contributed by atoms with Gasteiger partial charge in [0.15, 0.2) is 0 Å². The molecule has 1 aromatic rings. The highest BCUT2D eigenvalue weighted by Gasteiger charge is 2.34. The summed E-state index contributed by atoms with van der Waals surface area (Å²) < 4.78 is 0. The average Bonchev–Trinajstić information content (AvgIpc) is 2.80. The molecule has 0 aliphatic carbocycles. The van der Waals surface area contributed by atoms with Crippen molar-refractivity contribution in [2.45, 2.75) is 58.4 Å². The Morgan fingerprint density at radius 2 is 2.00 bits per heavy atom. The van der Waals surface area contributed by atoms with E-state index in [1.807, 2.05) is 6.92 Å². The molecule has 5 nitrogen and oxygen atoms in total. The molecule has 1 aromatic heterocycles. The number of hydrogen-bond donors (Lipinski definition) is 1. The van der Waals surface area contributed by atoms with Crippen molar-refractivity contribution in [2.24, 2.45) is 0 Å². The van der Waals surface area contributed by atoms with Crippen LogP contribution in [0.2, 0.25) is 0 Å². The Kier molecular flexibility index (Phi) is 4.37. The number of aromatic nitrogens is 1. The van der Waals surface area contributed by atoms with Gasteiger partial charge < -0.3 is 10.0 Å². The van der Waals surface area contributed by atoms with E-state index in [0.29, 0.717) is 23.5 Å². The number of carbonyl (C=O) groups is 2. The first-order valence-corrected chi connectivity index (χ1v) is 8.05. The molecule has 0 aromatic carbocycles. The van der Waals surface area contributed by atoms with Gasteiger partial charge in [-0.25, -0.2) is 9.78 Å². The molecule has 2 heterocycles. The summed E-state index contributed by atoms with van der Waals surface area (Å²) in [6.45, 7) is 8.50. The van der Waals surface area contributed by atoms with Crippen LogP contribution in [0.4, 0.5) is 0 Å². The lowest BCUT2D eigenvalue weighted by molar-refractivity contribution is -0.143. The molecular weight excluding hydrogens is 288 g/mol. The Hall–Kier alpha value is -1.43. The van der Waals surface area contributed by atoms with Gasteiger partial charge in [0.1, 0.15) is 10.9 Å². The van der Waals surface area contributed by atoms with E-state index in [0.717, 1.165) is 17.8 Å². The van der Waals surface area contributed by atoms with E-state index in [2.05, 4.69) is 25.8 Å². The summed E-state index contributed by atoms with van der Waals surface area (Å²) in [5.41, 5.74) is 0.590. The summed E-state index contributed by atoms with van der Waals surface area (Å²) >= 11 is 1.39. The normalized spacial score (nSPS) is 19.6. The second kappa shape index (κ2) is 5.75. The number of likely N-dealkylation sites (tertiary alicyclic amines) is 1. The predicted molar refractivity (Wildman–Crippen MR) is 81.9 cm³/mol. The molecule has 1 aliphatic rings. The van der Waals surface area contributed by atoms with E-state index < -0.39 is 12.0 Å². The van der Waals surface area contributed by atoms with Crippen molar-refractivity contribution in [3.8, 4) is 0 Å². The molecule has 1 saturated heterocycles. The minimum Gasteiger partial charge on any atom is -0.480 e. The summed E-state index contributed by atoms with van der Waals surface area (Å²) in [6.07, 6.45) is 2.25. The fourth-order valence-electron chi connectivity index (χ4n) is 2.48. The molecule has 0 spiro atoms. The second-order valence-corrected chi connectivity index (χ2v) is 7.53. The second-order valence-electron chi connectivity index (χ2n) is 6.53. The maximum absolute atomic E-state index is 12.7. The third-order valence-corrected chi connectivity index (χ3v) is 5.25. The van der Waals surface area contributed by atoms with Crippen molar-refractivity contribution in [2.75, 3.05) is 6.54 Å². The summed E-state index contributed by atoms with van der Waals surface area (Å²) in [7, 11) is 0. The van der Waals surface area contributed by atoms with Crippen LogP contribution in [-0.4, -0.2) is 39.5 Å². The fraction of sp³-hybridized carbons (Fsp3) is 0.667. The van der Waals surface area contributed by atoms with Crippen LogP contribution in [-0.2, 0) is 10.2 Å². The Labute approximate surface area is 129 Å². The number of rotatable bonds is 2. The predicted octanol–water partition coefficient (Wildman–Crippen LogP) is 2.83. The number of nitrogens with zero attached hydrogens (tertiary/aromatic N) is 2. The number of carboxylic acids is 1. The zero-order valence-corrected chi connectivity index (χ0v) is 13.8. The van der Waals surface area contributed by atoms with E-state index >= 15 is 0 Å². The third kappa shape index (κ3) is 3.26. The lowest BCUT2D eigenvalue weighted by Crippen LogP contribution is -2.47. The lowest BCUT2D eigenvalue weighted by atomic mass is 9.98. The Morgan fingerprint density at radius 3 is 2.52 bits per heavy atom. The first-order valence-electron chi connectivity index (χ1n) is 7.23. The molecule has 116 valence electrons. The molecule has 0 radical (unpaired) electrons. The number of thiazole rings is 1. The summed E-state index contributed by atoms with van der Waals surface area (Å²) in [5.74, 6) is -1.10. The number of aryl methyl sites for hydroxylation is 1. The van der Waals surface area contributed by atoms with Gasteiger partial charge in [-0.1, -0.05) is 20.8 Å². The minimum absolute atomic E-state index is 0.109. The SMILES string of the molecule is Cc1nc(C(C)(C)C)sc1C(=O)N1CCCC[C@@H]1C(=O)O. The van der Waals surface area contributed by atoms with Gasteiger partial charge in [-0.05, 0) is 26.2 Å². The van der Waals surface area contributed by atoms with Crippen LogP contribution in [0, 0.1) is 6.92 Å². The molecule has 0 unspecified atom stereocenters. The first-order chi connectivity index (χ1) is 9.71. The Balaban J connectivity index is 2.31. The van der Waals surface area contributed by atoms with Gasteiger partial charge in [-0.2, -0.15) is 0 Å². The third-order valence-electron chi connectivity index (χ3n) is 3.68. The van der Waals surface area contributed by atoms with Crippen LogP contribution in [0.5, 0.6) is 0 Å². The molecule has 1 N–H and O–H groups in total. The first kappa shape index (κ1) is 15.9. The number of carboxylic acid groups (broad SMARTS) is 1. The van der Waals surface area contributed by atoms with Crippen LogP contribution < -0.4 is 0 Å². The average molecular weight is 310 g/mol. The minimum atomic E-state index is -0.915. The van der Waals surface area contributed by atoms with E-state index in [1.165, 1.54) is 16.2 Å². The van der Waals surface area contributed by atoms with Crippen LogP contribution >= 0.6 is 11.3 Å². The van der Waals surface area contributed by atoms with E-state index in [1.54, 1.807) is 0 Å². The zero-order valence-electron chi connectivity index (χ0n) is 13.0. The van der Waals surface area contributed by atoms with Crippen molar-refractivity contribution in [1.29, 1.82) is 0 Å². The Bertz CT molecular complexity index is 560. The van der Waals surface area contributed by atoms with Gasteiger partial charge in [0.2, 0.25) is 0 Å². The van der Waals surface area contributed by atoms with Crippen molar-refractivity contribution in [3.05, 3.63) is 15.6 Å². The molecule has 0 saturated carbocycles. The number of carbonyl (C=O) groups excluding carboxylic acids is 1. The molecule has 1 aliphatic heterocycles. The highest BCUT2D eigenvalue weighted by molar-refractivity contribution is 7.14. The van der Waals surface area contributed by atoms with Crippen LogP contribution in [0.15, 0.2) is 0 Å². The van der Waals surface area contributed by atoms with Gasteiger partial charge >= 0.3 is 5.97 Å². The molecule has 0 bridgehead atoms. The van der Waals surface area contributed by atoms with Gasteiger partial charge in [-0.3, -0.25) is 4.79 Å². The van der Waals surface area contributed by atoms with Gasteiger partial charge in [0.25, 0.3) is 5.91 Å². The van der Waals surface area contributed by atoms with Crippen molar-refractivity contribution < 1.29 is 14.7 Å². The van der Waals surface area contributed by atoms with E-state index in [9.17, 15) is 14.7 Å². The number of piperidine rings is 1. The van der Waals surface area contributed by atoms with Crippen LogP contribution in [0.3, 0.4) is 0 Å². The molecule has 1 atom stereocenters. The highest BCUT2D eigenvalue weighted by Crippen LogP contribution is 2.31. The van der Waals surface area contributed by atoms with Crippen LogP contribution in [0.25, 0.3) is 0 Å². The standard InChI is InChI=1S/C15H22N2O3S/c1-9-11(21-14(16-9)15(2,3)4)12(18)17-8-6-5-7-10(17)13(19)20/h10H,5-8H2,1-4H3,(H,19,20)/t10-/m1/s1.